The fraction of sp³-hybridized carbons (Fsp3) is 0.211. The van der Waals surface area contributed by atoms with Crippen molar-refractivity contribution in [2.24, 2.45) is 0 Å². The number of ether oxygens (including phenoxy) is 1. The number of rotatable bonds is 3. The first-order chi connectivity index (χ1) is 11.7. The number of benzene rings is 2. The maximum atomic E-state index is 11.8. The predicted octanol–water partition coefficient (Wildman–Crippen LogP) is 2.80. The second-order valence-electron chi connectivity index (χ2n) is 5.86. The van der Waals surface area contributed by atoms with E-state index in [0.717, 1.165) is 45.7 Å². The molecule has 5 heteroatoms. The molecule has 1 aliphatic rings. The van der Waals surface area contributed by atoms with E-state index in [2.05, 4.69) is 15.3 Å². The molecular formula is C19H17N3O2. The molecule has 5 nitrogen and oxygen atoms in total. The molecular weight excluding hydrogens is 302 g/mol. The van der Waals surface area contributed by atoms with E-state index in [4.69, 9.17) is 4.74 Å². The zero-order valence-electron chi connectivity index (χ0n) is 13.4. The van der Waals surface area contributed by atoms with Gasteiger partial charge in [-0.15, -0.1) is 0 Å². The molecule has 0 bridgehead atoms. The van der Waals surface area contributed by atoms with Gasteiger partial charge in [-0.3, -0.25) is 4.79 Å². The van der Waals surface area contributed by atoms with Crippen LogP contribution in [0.15, 0.2) is 42.5 Å². The van der Waals surface area contributed by atoms with Crippen LogP contribution < -0.4 is 10.1 Å². The topological polar surface area (TPSA) is 64.1 Å². The minimum absolute atomic E-state index is 0.0148. The third-order valence-corrected chi connectivity index (χ3v) is 4.22. The Labute approximate surface area is 139 Å². The van der Waals surface area contributed by atoms with Gasteiger partial charge in [0.1, 0.15) is 12.4 Å². The molecule has 1 aliphatic heterocycles. The Morgan fingerprint density at radius 1 is 1.12 bits per heavy atom. The highest BCUT2D eigenvalue weighted by atomic mass is 16.5. The minimum Gasteiger partial charge on any atom is -0.487 e. The van der Waals surface area contributed by atoms with Crippen molar-refractivity contribution in [2.45, 2.75) is 20.0 Å². The largest absolute Gasteiger partial charge is 0.487 e. The minimum atomic E-state index is -0.0148. The van der Waals surface area contributed by atoms with Crippen LogP contribution in [-0.2, 0) is 13.0 Å². The van der Waals surface area contributed by atoms with Crippen LogP contribution in [0.2, 0.25) is 0 Å². The number of nitrogens with one attached hydrogen (secondary N) is 1. The van der Waals surface area contributed by atoms with Crippen molar-refractivity contribution in [1.82, 2.24) is 15.3 Å². The summed E-state index contributed by atoms with van der Waals surface area (Å²) in [6, 6.07) is 13.4. The van der Waals surface area contributed by atoms with Gasteiger partial charge in [0.15, 0.2) is 0 Å². The van der Waals surface area contributed by atoms with Gasteiger partial charge in [0.25, 0.3) is 5.91 Å². The lowest BCUT2D eigenvalue weighted by Crippen LogP contribution is -2.31. The first-order valence-corrected chi connectivity index (χ1v) is 7.97. The van der Waals surface area contributed by atoms with Gasteiger partial charge in [0, 0.05) is 12.1 Å². The van der Waals surface area contributed by atoms with Crippen molar-refractivity contribution >= 4 is 16.9 Å². The summed E-state index contributed by atoms with van der Waals surface area (Å²) in [5.41, 5.74) is 5.20. The summed E-state index contributed by atoms with van der Waals surface area (Å²) in [4.78, 5) is 21.0. The smallest absolute Gasteiger partial charge is 0.251 e. The first kappa shape index (κ1) is 14.6. The molecule has 0 atom stereocenters. The highest BCUT2D eigenvalue weighted by Crippen LogP contribution is 2.22. The van der Waals surface area contributed by atoms with Crippen LogP contribution in [0.4, 0.5) is 0 Å². The normalized spacial score (nSPS) is 13.5. The summed E-state index contributed by atoms with van der Waals surface area (Å²) in [7, 11) is 0. The number of carbonyl (C=O) groups excluding carboxylic acids is 1. The molecule has 0 radical (unpaired) electrons. The van der Waals surface area contributed by atoms with Gasteiger partial charge in [0.2, 0.25) is 0 Å². The molecule has 0 aliphatic carbocycles. The van der Waals surface area contributed by atoms with E-state index < -0.39 is 0 Å². The number of aryl methyl sites for hydroxylation is 1. The highest BCUT2D eigenvalue weighted by Gasteiger charge is 2.17. The van der Waals surface area contributed by atoms with Crippen molar-refractivity contribution in [3.63, 3.8) is 0 Å². The van der Waals surface area contributed by atoms with Gasteiger partial charge in [-0.05, 0) is 49.2 Å². The Balaban J connectivity index is 1.57. The van der Waals surface area contributed by atoms with Crippen LogP contribution in [-0.4, -0.2) is 22.4 Å². The predicted molar refractivity (Wildman–Crippen MR) is 91.1 cm³/mol. The quantitative estimate of drug-likeness (QED) is 0.806. The van der Waals surface area contributed by atoms with Crippen LogP contribution in [0.25, 0.3) is 11.0 Å². The highest BCUT2D eigenvalue weighted by molar-refractivity contribution is 5.96. The van der Waals surface area contributed by atoms with Crippen LogP contribution >= 0.6 is 0 Å². The van der Waals surface area contributed by atoms with Gasteiger partial charge in [0.05, 0.1) is 22.4 Å². The molecule has 0 saturated heterocycles. The summed E-state index contributed by atoms with van der Waals surface area (Å²) in [5, 5.41) is 2.84. The molecule has 4 rings (SSSR count). The monoisotopic (exact) mass is 319 g/mol. The fourth-order valence-corrected chi connectivity index (χ4v) is 2.91. The maximum absolute atomic E-state index is 11.8. The van der Waals surface area contributed by atoms with Gasteiger partial charge < -0.3 is 10.1 Å². The Kier molecular flexibility index (Phi) is 3.61. The van der Waals surface area contributed by atoms with Crippen LogP contribution in [0.1, 0.15) is 27.3 Å². The number of amides is 1. The maximum Gasteiger partial charge on any atom is 0.251 e. The Bertz CT molecular complexity index is 937. The van der Waals surface area contributed by atoms with E-state index >= 15 is 0 Å². The van der Waals surface area contributed by atoms with Crippen molar-refractivity contribution < 1.29 is 9.53 Å². The van der Waals surface area contributed by atoms with E-state index in [0.29, 0.717) is 13.2 Å². The summed E-state index contributed by atoms with van der Waals surface area (Å²) >= 11 is 0. The second kappa shape index (κ2) is 5.92. The number of para-hydroxylation sites is 2. The number of carbonyl (C=O) groups is 1. The SMILES string of the molecule is Cc1nc2ccccc2nc1COc1ccc2c(c1)CCNC2=O. The average molecular weight is 319 g/mol. The number of nitrogens with zero attached hydrogens (tertiary/aromatic N) is 2. The molecule has 24 heavy (non-hydrogen) atoms. The zero-order valence-corrected chi connectivity index (χ0v) is 13.4. The van der Waals surface area contributed by atoms with E-state index in [9.17, 15) is 4.79 Å². The Morgan fingerprint density at radius 3 is 2.75 bits per heavy atom. The Hall–Kier alpha value is -2.95. The lowest BCUT2D eigenvalue weighted by molar-refractivity contribution is 0.0946. The van der Waals surface area contributed by atoms with Crippen LogP contribution in [0, 0.1) is 6.92 Å². The van der Waals surface area contributed by atoms with Crippen molar-refractivity contribution in [3.05, 3.63) is 65.0 Å². The Morgan fingerprint density at radius 2 is 1.92 bits per heavy atom. The molecule has 1 N–H and O–H groups in total. The van der Waals surface area contributed by atoms with Crippen molar-refractivity contribution in [3.8, 4) is 5.75 Å². The van der Waals surface area contributed by atoms with Crippen LogP contribution in [0.5, 0.6) is 5.75 Å². The molecule has 1 aromatic heterocycles. The van der Waals surface area contributed by atoms with Crippen LogP contribution in [0.3, 0.4) is 0 Å². The lowest BCUT2D eigenvalue weighted by Gasteiger charge is -2.17. The van der Waals surface area contributed by atoms with Gasteiger partial charge >= 0.3 is 0 Å². The van der Waals surface area contributed by atoms with Crippen molar-refractivity contribution in [1.29, 1.82) is 0 Å². The molecule has 0 spiro atoms. The third-order valence-electron chi connectivity index (χ3n) is 4.22. The lowest BCUT2D eigenvalue weighted by atomic mass is 10.0. The summed E-state index contributed by atoms with van der Waals surface area (Å²) in [6.45, 7) is 2.97. The molecule has 1 amide bonds. The molecule has 2 aromatic carbocycles. The fourth-order valence-electron chi connectivity index (χ4n) is 2.91. The van der Waals surface area contributed by atoms with Gasteiger partial charge in [-0.1, -0.05) is 12.1 Å². The van der Waals surface area contributed by atoms with E-state index in [1.165, 1.54) is 0 Å². The molecule has 120 valence electrons. The number of hydrogen-bond donors (Lipinski definition) is 1. The average Bonchev–Trinajstić information content (AvgIpc) is 2.60. The standard InChI is InChI=1S/C19H17N3O2/c1-12-18(22-17-5-3-2-4-16(17)21-12)11-24-14-6-7-15-13(10-14)8-9-20-19(15)23/h2-7,10H,8-9,11H2,1H3,(H,20,23). The van der Waals surface area contributed by atoms with Gasteiger partial charge in [-0.2, -0.15) is 0 Å². The van der Waals surface area contributed by atoms with E-state index in [1.807, 2.05) is 49.4 Å². The molecule has 0 fully saturated rings. The molecule has 3 aromatic rings. The van der Waals surface area contributed by atoms with Crippen molar-refractivity contribution in [2.75, 3.05) is 6.54 Å². The molecule has 2 heterocycles. The molecule has 0 unspecified atom stereocenters. The molecule has 0 saturated carbocycles. The summed E-state index contributed by atoms with van der Waals surface area (Å²) in [6.07, 6.45) is 0.826. The number of aromatic nitrogens is 2. The van der Waals surface area contributed by atoms with E-state index in [-0.39, 0.29) is 5.91 Å². The summed E-state index contributed by atoms with van der Waals surface area (Å²) < 4.78 is 5.89. The van der Waals surface area contributed by atoms with E-state index in [1.54, 1.807) is 0 Å². The third kappa shape index (κ3) is 2.69. The number of hydrogen-bond acceptors (Lipinski definition) is 4. The summed E-state index contributed by atoms with van der Waals surface area (Å²) in [5.74, 6) is 0.733. The van der Waals surface area contributed by atoms with Gasteiger partial charge in [-0.25, -0.2) is 9.97 Å². The second-order valence-corrected chi connectivity index (χ2v) is 5.86. The zero-order chi connectivity index (χ0) is 16.5. The first-order valence-electron chi connectivity index (χ1n) is 7.97. The number of fused-ring (bicyclic) bond motifs is 2.